The van der Waals surface area contributed by atoms with Crippen LogP contribution in [0.25, 0.3) is 0 Å². The lowest BCUT2D eigenvalue weighted by Gasteiger charge is -2.07. The van der Waals surface area contributed by atoms with Gasteiger partial charge < -0.3 is 20.8 Å². The van der Waals surface area contributed by atoms with Gasteiger partial charge in [-0.2, -0.15) is 4.98 Å². The lowest BCUT2D eigenvalue weighted by molar-refractivity contribution is 0.318. The van der Waals surface area contributed by atoms with Crippen molar-refractivity contribution in [1.29, 1.82) is 0 Å². The molecule has 106 valence electrons. The van der Waals surface area contributed by atoms with Gasteiger partial charge in [-0.25, -0.2) is 0 Å². The molecule has 7 nitrogen and oxygen atoms in total. The Morgan fingerprint density at radius 2 is 2.30 bits per heavy atom. The highest BCUT2D eigenvalue weighted by molar-refractivity contribution is 6.31. The third-order valence-corrected chi connectivity index (χ3v) is 2.98. The van der Waals surface area contributed by atoms with Gasteiger partial charge in [-0.1, -0.05) is 34.0 Å². The molecule has 4 N–H and O–H groups in total. The fourth-order valence-electron chi connectivity index (χ4n) is 1.63. The van der Waals surface area contributed by atoms with Crippen molar-refractivity contribution in [3.8, 4) is 0 Å². The van der Waals surface area contributed by atoms with Gasteiger partial charge in [-0.05, 0) is 11.6 Å². The van der Waals surface area contributed by atoms with Gasteiger partial charge in [0, 0.05) is 24.1 Å². The van der Waals surface area contributed by atoms with Gasteiger partial charge in [-0.3, -0.25) is 0 Å². The second-order valence-electron chi connectivity index (χ2n) is 4.12. The second kappa shape index (κ2) is 6.36. The maximum Gasteiger partial charge on any atom is 0.223 e. The monoisotopic (exact) mass is 295 g/mol. The predicted octanol–water partition coefficient (Wildman–Crippen LogP) is 1.42. The van der Waals surface area contributed by atoms with E-state index >= 15 is 0 Å². The molecule has 0 aliphatic carbocycles. The van der Waals surface area contributed by atoms with Crippen LogP contribution in [0.2, 0.25) is 5.02 Å². The number of hydrogen-bond donors (Lipinski definition) is 3. The first-order valence-electron chi connectivity index (χ1n) is 5.86. The normalized spacial score (nSPS) is 11.8. The molecule has 0 aliphatic rings. The quantitative estimate of drug-likeness (QED) is 0.333. The number of aryl methyl sites for hydroxylation is 1. The molecule has 1 heterocycles. The highest BCUT2D eigenvalue weighted by Gasteiger charge is 2.06. The van der Waals surface area contributed by atoms with Gasteiger partial charge in [0.2, 0.25) is 5.89 Å². The first kappa shape index (κ1) is 14.3. The standard InChI is InChI=1S/C12H14ClN5O2/c1-7-16-11(18-20-7)6-15-5-9-3-2-8(4-10(9)13)12(14)17-19/h2-4,15,19H,5-6H2,1H3,(H2,14,17). The summed E-state index contributed by atoms with van der Waals surface area (Å²) in [6, 6.07) is 5.19. The maximum absolute atomic E-state index is 8.60. The Kier molecular flexibility index (Phi) is 4.54. The van der Waals surface area contributed by atoms with Crippen LogP contribution in [0.5, 0.6) is 0 Å². The molecule has 0 atom stereocenters. The summed E-state index contributed by atoms with van der Waals surface area (Å²) in [5, 5.41) is 19.0. The van der Waals surface area contributed by atoms with Crippen molar-refractivity contribution >= 4 is 17.4 Å². The van der Waals surface area contributed by atoms with Crippen molar-refractivity contribution in [3.63, 3.8) is 0 Å². The molecule has 0 amide bonds. The van der Waals surface area contributed by atoms with E-state index < -0.39 is 0 Å². The zero-order valence-corrected chi connectivity index (χ0v) is 11.6. The van der Waals surface area contributed by atoms with Crippen molar-refractivity contribution in [2.24, 2.45) is 10.9 Å². The number of nitrogens with one attached hydrogen (secondary N) is 1. The van der Waals surface area contributed by atoms with Crippen molar-refractivity contribution < 1.29 is 9.73 Å². The average molecular weight is 296 g/mol. The van der Waals surface area contributed by atoms with Gasteiger partial charge in [0.25, 0.3) is 0 Å². The number of halogens is 1. The molecule has 1 aromatic carbocycles. The zero-order valence-electron chi connectivity index (χ0n) is 10.8. The Bertz CT molecular complexity index is 626. The van der Waals surface area contributed by atoms with Crippen LogP contribution in [0.1, 0.15) is 22.8 Å². The number of amidine groups is 1. The third kappa shape index (κ3) is 3.46. The van der Waals surface area contributed by atoms with Crippen LogP contribution in [0, 0.1) is 6.92 Å². The van der Waals surface area contributed by atoms with Crippen LogP contribution in [-0.2, 0) is 13.1 Å². The predicted molar refractivity (Wildman–Crippen MR) is 73.5 cm³/mol. The molecular weight excluding hydrogens is 282 g/mol. The Labute approximate surface area is 120 Å². The number of rotatable bonds is 5. The van der Waals surface area contributed by atoms with Crippen molar-refractivity contribution in [1.82, 2.24) is 15.5 Å². The maximum atomic E-state index is 8.60. The van der Waals surface area contributed by atoms with Gasteiger partial charge in [-0.15, -0.1) is 0 Å². The molecule has 1 aromatic heterocycles. The summed E-state index contributed by atoms with van der Waals surface area (Å²) in [5.74, 6) is 1.14. The molecule has 0 radical (unpaired) electrons. The summed E-state index contributed by atoms with van der Waals surface area (Å²) in [6.45, 7) is 2.76. The van der Waals surface area contributed by atoms with Crippen molar-refractivity contribution in [2.45, 2.75) is 20.0 Å². The Hall–Kier alpha value is -2.12. The van der Waals surface area contributed by atoms with E-state index in [0.29, 0.717) is 35.4 Å². The number of hydrogen-bond acceptors (Lipinski definition) is 6. The summed E-state index contributed by atoms with van der Waals surface area (Å²) < 4.78 is 4.87. The smallest absolute Gasteiger partial charge is 0.223 e. The van der Waals surface area contributed by atoms with Gasteiger partial charge in [0.1, 0.15) is 0 Å². The number of benzene rings is 1. The fourth-order valence-corrected chi connectivity index (χ4v) is 1.88. The van der Waals surface area contributed by atoms with Gasteiger partial charge in [0.15, 0.2) is 11.7 Å². The zero-order chi connectivity index (χ0) is 14.5. The first-order chi connectivity index (χ1) is 9.60. The molecule has 0 unspecified atom stereocenters. The van der Waals surface area contributed by atoms with E-state index in [4.69, 9.17) is 27.1 Å². The molecule has 2 rings (SSSR count). The molecule has 2 aromatic rings. The molecule has 20 heavy (non-hydrogen) atoms. The molecular formula is C12H14ClN5O2. The van der Waals surface area contributed by atoms with Crippen LogP contribution < -0.4 is 11.1 Å². The lowest BCUT2D eigenvalue weighted by Crippen LogP contribution is -2.15. The van der Waals surface area contributed by atoms with Crippen LogP contribution >= 0.6 is 11.6 Å². The Morgan fingerprint density at radius 3 is 2.90 bits per heavy atom. The number of nitrogens with zero attached hydrogens (tertiary/aromatic N) is 3. The summed E-state index contributed by atoms with van der Waals surface area (Å²) in [5.41, 5.74) is 6.95. The molecule has 0 saturated carbocycles. The minimum absolute atomic E-state index is 0.0219. The molecule has 0 aliphatic heterocycles. The van der Waals surface area contributed by atoms with Crippen molar-refractivity contribution in [2.75, 3.05) is 0 Å². The fraction of sp³-hybridized carbons (Fsp3) is 0.250. The lowest BCUT2D eigenvalue weighted by atomic mass is 10.1. The largest absolute Gasteiger partial charge is 0.409 e. The highest BCUT2D eigenvalue weighted by atomic mass is 35.5. The second-order valence-corrected chi connectivity index (χ2v) is 4.53. The number of aromatic nitrogens is 2. The van der Waals surface area contributed by atoms with Crippen LogP contribution in [0.3, 0.4) is 0 Å². The van der Waals surface area contributed by atoms with E-state index in [1.165, 1.54) is 0 Å². The van der Waals surface area contributed by atoms with Crippen LogP contribution in [0.15, 0.2) is 27.9 Å². The average Bonchev–Trinajstić information content (AvgIpc) is 2.85. The molecule has 0 bridgehead atoms. The Balaban J connectivity index is 1.96. The third-order valence-electron chi connectivity index (χ3n) is 2.62. The van der Waals surface area contributed by atoms with Gasteiger partial charge in [0.05, 0.1) is 6.54 Å². The van der Waals surface area contributed by atoms with E-state index in [9.17, 15) is 0 Å². The summed E-state index contributed by atoms with van der Waals surface area (Å²) in [7, 11) is 0. The topological polar surface area (TPSA) is 110 Å². The van der Waals surface area contributed by atoms with Crippen LogP contribution in [-0.4, -0.2) is 21.2 Å². The minimum Gasteiger partial charge on any atom is -0.409 e. The number of nitrogens with two attached hydrogens (primary N) is 1. The number of oxime groups is 1. The van der Waals surface area contributed by atoms with E-state index in [2.05, 4.69) is 20.6 Å². The van der Waals surface area contributed by atoms with E-state index in [1.807, 2.05) is 6.07 Å². The van der Waals surface area contributed by atoms with Gasteiger partial charge >= 0.3 is 0 Å². The van der Waals surface area contributed by atoms with Crippen LogP contribution in [0.4, 0.5) is 0 Å². The highest BCUT2D eigenvalue weighted by Crippen LogP contribution is 2.17. The summed E-state index contributed by atoms with van der Waals surface area (Å²) in [4.78, 5) is 4.08. The Morgan fingerprint density at radius 1 is 1.50 bits per heavy atom. The van der Waals surface area contributed by atoms with E-state index in [0.717, 1.165) is 5.56 Å². The molecule has 0 saturated heterocycles. The minimum atomic E-state index is 0.0219. The van der Waals surface area contributed by atoms with E-state index in [-0.39, 0.29) is 5.84 Å². The van der Waals surface area contributed by atoms with E-state index in [1.54, 1.807) is 19.1 Å². The summed E-state index contributed by atoms with van der Waals surface area (Å²) in [6.07, 6.45) is 0. The SMILES string of the molecule is Cc1nc(CNCc2ccc(/C(N)=N/O)cc2Cl)no1. The molecule has 0 spiro atoms. The molecule has 0 fully saturated rings. The first-order valence-corrected chi connectivity index (χ1v) is 6.24. The van der Waals surface area contributed by atoms with Crippen molar-refractivity contribution in [3.05, 3.63) is 46.1 Å². The molecule has 8 heteroatoms. The summed E-state index contributed by atoms with van der Waals surface area (Å²) >= 11 is 6.13.